The van der Waals surface area contributed by atoms with Crippen LogP contribution < -0.4 is 0 Å². The van der Waals surface area contributed by atoms with Gasteiger partial charge in [-0.25, -0.2) is 0 Å². The minimum atomic E-state index is -4.44. The molecule has 4 heteroatoms. The van der Waals surface area contributed by atoms with E-state index in [0.717, 1.165) is 30.6 Å². The minimum absolute atomic E-state index is 0.144. The van der Waals surface area contributed by atoms with Crippen LogP contribution in [0, 0.1) is 10.8 Å². The van der Waals surface area contributed by atoms with Gasteiger partial charge in [0.25, 0.3) is 0 Å². The molecule has 1 rings (SSSR count). The van der Waals surface area contributed by atoms with E-state index in [9.17, 15) is 13.2 Å². The summed E-state index contributed by atoms with van der Waals surface area (Å²) in [5.74, 6) is 0. The molecule has 1 aliphatic carbocycles. The van der Waals surface area contributed by atoms with E-state index >= 15 is 0 Å². The lowest BCUT2D eigenvalue weighted by Gasteiger charge is -2.32. The van der Waals surface area contributed by atoms with Crippen molar-refractivity contribution in [1.82, 2.24) is 0 Å². The zero-order valence-electron chi connectivity index (χ0n) is 14.8. The highest BCUT2D eigenvalue weighted by molar-refractivity contribution is 5.70. The molecular formula is C20H26F3N. The lowest BCUT2D eigenvalue weighted by Crippen LogP contribution is -2.19. The van der Waals surface area contributed by atoms with Crippen molar-refractivity contribution >= 4 is 6.21 Å². The molecule has 0 spiro atoms. The van der Waals surface area contributed by atoms with E-state index in [4.69, 9.17) is 5.41 Å². The lowest BCUT2D eigenvalue weighted by atomic mass is 9.72. The van der Waals surface area contributed by atoms with Gasteiger partial charge in [-0.1, -0.05) is 49.3 Å². The number of halogens is 3. The maximum Gasteiger partial charge on any atom is 0.416 e. The molecule has 0 unspecified atom stereocenters. The first-order valence-corrected chi connectivity index (χ1v) is 8.09. The van der Waals surface area contributed by atoms with E-state index in [1.54, 1.807) is 6.08 Å². The second-order valence-corrected chi connectivity index (χ2v) is 6.82. The van der Waals surface area contributed by atoms with Crippen molar-refractivity contribution in [3.63, 3.8) is 0 Å². The molecule has 132 valence electrons. The fourth-order valence-electron chi connectivity index (χ4n) is 2.92. The Morgan fingerprint density at radius 1 is 1.17 bits per heavy atom. The molecule has 0 aromatic heterocycles. The predicted octanol–water partition coefficient (Wildman–Crippen LogP) is 6.71. The molecule has 0 aliphatic heterocycles. The highest BCUT2D eigenvalue weighted by Crippen LogP contribution is 2.40. The molecule has 0 saturated carbocycles. The molecule has 0 atom stereocenters. The summed E-state index contributed by atoms with van der Waals surface area (Å²) in [6.07, 6.45) is 8.44. The smallest absolute Gasteiger partial charge is 0.309 e. The summed E-state index contributed by atoms with van der Waals surface area (Å²) < 4.78 is 38.1. The van der Waals surface area contributed by atoms with Crippen LogP contribution in [-0.4, -0.2) is 12.4 Å². The second kappa shape index (κ2) is 8.32. The number of hydrogen-bond acceptors (Lipinski definition) is 1. The summed E-state index contributed by atoms with van der Waals surface area (Å²) in [6, 6.07) is 0. The molecule has 0 saturated heterocycles. The lowest BCUT2D eigenvalue weighted by molar-refractivity contribution is -0.0880. The third-order valence-electron chi connectivity index (χ3n) is 4.28. The molecule has 0 radical (unpaired) electrons. The Hall–Kier alpha value is -1.84. The van der Waals surface area contributed by atoms with Gasteiger partial charge < -0.3 is 5.41 Å². The molecule has 1 nitrogen and oxygen atoms in total. The standard InChI is InChI=1S/C20H26F3N/c1-15(7-5-9-17(12-14-24)20(21,22)23)10-11-18-16(2)8-6-13-19(18,3)4/h5,7,9-12,14,24H,6,8,13H2,1-4H3/b9-5+,11-10+,15-7+,17-12+,24-14?. The van der Waals surface area contributed by atoms with Crippen LogP contribution in [-0.2, 0) is 0 Å². The Balaban J connectivity index is 2.89. The van der Waals surface area contributed by atoms with Crippen LogP contribution in [0.3, 0.4) is 0 Å². The highest BCUT2D eigenvalue weighted by Gasteiger charge is 2.31. The average molecular weight is 337 g/mol. The summed E-state index contributed by atoms with van der Waals surface area (Å²) in [5, 5.41) is 6.80. The van der Waals surface area contributed by atoms with Gasteiger partial charge in [0.2, 0.25) is 0 Å². The van der Waals surface area contributed by atoms with Crippen LogP contribution in [0.25, 0.3) is 0 Å². The van der Waals surface area contributed by atoms with E-state index in [1.165, 1.54) is 23.6 Å². The minimum Gasteiger partial charge on any atom is -0.309 e. The molecule has 24 heavy (non-hydrogen) atoms. The number of rotatable bonds is 5. The molecule has 1 N–H and O–H groups in total. The molecule has 0 aromatic rings. The third-order valence-corrected chi connectivity index (χ3v) is 4.28. The van der Waals surface area contributed by atoms with Gasteiger partial charge in [-0.15, -0.1) is 0 Å². The van der Waals surface area contributed by atoms with Crippen LogP contribution in [0.5, 0.6) is 0 Å². The predicted molar refractivity (Wildman–Crippen MR) is 95.3 cm³/mol. The first kappa shape index (κ1) is 20.2. The van der Waals surface area contributed by atoms with E-state index in [-0.39, 0.29) is 5.41 Å². The summed E-state index contributed by atoms with van der Waals surface area (Å²) >= 11 is 0. The van der Waals surface area contributed by atoms with Crippen molar-refractivity contribution in [2.45, 2.75) is 53.1 Å². The van der Waals surface area contributed by atoms with Gasteiger partial charge in [-0.3, -0.25) is 0 Å². The Bertz CT molecular complexity index is 611. The van der Waals surface area contributed by atoms with E-state index < -0.39 is 11.7 Å². The Kier molecular flexibility index (Phi) is 7.00. The van der Waals surface area contributed by atoms with Gasteiger partial charge in [0.15, 0.2) is 0 Å². The quantitative estimate of drug-likeness (QED) is 0.426. The number of allylic oxidation sites excluding steroid dienone is 10. The first-order chi connectivity index (χ1) is 11.1. The fraction of sp³-hybridized carbons (Fsp3) is 0.450. The summed E-state index contributed by atoms with van der Waals surface area (Å²) in [7, 11) is 0. The van der Waals surface area contributed by atoms with Gasteiger partial charge in [0.1, 0.15) is 0 Å². The third kappa shape index (κ3) is 5.99. The van der Waals surface area contributed by atoms with Crippen molar-refractivity contribution in [2.24, 2.45) is 5.41 Å². The molecule has 0 aromatic carbocycles. The Labute approximate surface area is 142 Å². The van der Waals surface area contributed by atoms with Crippen LogP contribution in [0.1, 0.15) is 47.0 Å². The molecule has 0 fully saturated rings. The normalized spacial score (nSPS) is 20.3. The van der Waals surface area contributed by atoms with Gasteiger partial charge in [-0.2, -0.15) is 13.2 Å². The Morgan fingerprint density at radius 3 is 2.38 bits per heavy atom. The zero-order valence-corrected chi connectivity index (χ0v) is 14.8. The van der Waals surface area contributed by atoms with Gasteiger partial charge >= 0.3 is 6.18 Å². The number of nitrogens with one attached hydrogen (secondary N) is 1. The van der Waals surface area contributed by atoms with Crippen molar-refractivity contribution in [2.75, 3.05) is 0 Å². The van der Waals surface area contributed by atoms with Crippen LogP contribution >= 0.6 is 0 Å². The fourth-order valence-corrected chi connectivity index (χ4v) is 2.92. The molecule has 1 aliphatic rings. The largest absolute Gasteiger partial charge is 0.416 e. The maximum absolute atomic E-state index is 12.7. The molecular weight excluding hydrogens is 311 g/mol. The van der Waals surface area contributed by atoms with E-state index in [1.807, 2.05) is 13.0 Å². The van der Waals surface area contributed by atoms with Crippen molar-refractivity contribution in [1.29, 1.82) is 5.41 Å². The van der Waals surface area contributed by atoms with Gasteiger partial charge in [0, 0.05) is 6.21 Å². The van der Waals surface area contributed by atoms with Crippen molar-refractivity contribution < 1.29 is 13.2 Å². The van der Waals surface area contributed by atoms with E-state index in [0.29, 0.717) is 6.21 Å². The maximum atomic E-state index is 12.7. The van der Waals surface area contributed by atoms with Crippen LogP contribution in [0.4, 0.5) is 13.2 Å². The average Bonchev–Trinajstić information content (AvgIpc) is 2.44. The van der Waals surface area contributed by atoms with Crippen LogP contribution in [0.2, 0.25) is 0 Å². The summed E-state index contributed by atoms with van der Waals surface area (Å²) in [5.41, 5.74) is 2.90. The Morgan fingerprint density at radius 2 is 1.83 bits per heavy atom. The second-order valence-electron chi connectivity index (χ2n) is 6.82. The van der Waals surface area contributed by atoms with Crippen molar-refractivity contribution in [3.8, 4) is 0 Å². The zero-order chi connectivity index (χ0) is 18.4. The van der Waals surface area contributed by atoms with Crippen LogP contribution in [0.15, 0.2) is 58.7 Å². The number of alkyl halides is 3. The highest BCUT2D eigenvalue weighted by atomic mass is 19.4. The SMILES string of the molecule is CC1=C(/C=C/C(C)=C/C=C/C(=C\C=N)C(F)(F)F)C(C)(C)CCC1. The molecule has 0 heterocycles. The summed E-state index contributed by atoms with van der Waals surface area (Å²) in [6.45, 7) is 8.47. The molecule has 0 bridgehead atoms. The van der Waals surface area contributed by atoms with Crippen molar-refractivity contribution in [3.05, 3.63) is 58.7 Å². The number of hydrogen-bond donors (Lipinski definition) is 1. The van der Waals surface area contributed by atoms with Gasteiger partial charge in [0.05, 0.1) is 5.57 Å². The van der Waals surface area contributed by atoms with E-state index in [2.05, 4.69) is 26.8 Å². The van der Waals surface area contributed by atoms with Gasteiger partial charge in [-0.05, 0) is 56.3 Å². The summed E-state index contributed by atoms with van der Waals surface area (Å²) in [4.78, 5) is 0. The molecule has 0 amide bonds. The topological polar surface area (TPSA) is 23.9 Å². The monoisotopic (exact) mass is 337 g/mol. The first-order valence-electron chi connectivity index (χ1n) is 8.09.